The van der Waals surface area contributed by atoms with Gasteiger partial charge >= 0.3 is 0 Å². The molecule has 1 heterocycles. The van der Waals surface area contributed by atoms with E-state index in [9.17, 15) is 9.59 Å². The third-order valence-electron chi connectivity index (χ3n) is 4.11. The maximum atomic E-state index is 12.9. The van der Waals surface area contributed by atoms with Gasteiger partial charge in [0.1, 0.15) is 0 Å². The number of allylic oxidation sites excluding steroid dienone is 2. The number of carbonyl (C=O) groups is 2. The summed E-state index contributed by atoms with van der Waals surface area (Å²) in [7, 11) is 0. The van der Waals surface area contributed by atoms with E-state index < -0.39 is 0 Å². The number of nitrogens with one attached hydrogen (secondary N) is 1. The Morgan fingerprint density at radius 1 is 0.917 bits per heavy atom. The van der Waals surface area contributed by atoms with E-state index in [0.717, 1.165) is 5.56 Å². The number of Topliss-reactive ketones (excluding diaryl/α,β-unsaturated/α-hetero) is 1. The van der Waals surface area contributed by atoms with Gasteiger partial charge in [-0.05, 0) is 11.6 Å². The molecule has 1 aromatic heterocycles. The molecular weight excluding hydrogens is 300 g/mol. The largest absolute Gasteiger partial charge is 0.378 e. The zero-order chi connectivity index (χ0) is 16.5. The van der Waals surface area contributed by atoms with Crippen molar-refractivity contribution in [2.45, 2.75) is 6.54 Å². The molecule has 4 heteroatoms. The van der Waals surface area contributed by atoms with Gasteiger partial charge in [0, 0.05) is 29.8 Å². The first-order chi connectivity index (χ1) is 11.7. The van der Waals surface area contributed by atoms with Crippen molar-refractivity contribution in [2.24, 2.45) is 0 Å². The second kappa shape index (κ2) is 5.74. The van der Waals surface area contributed by atoms with Gasteiger partial charge in [0.05, 0.1) is 16.8 Å². The highest BCUT2D eigenvalue weighted by Crippen LogP contribution is 2.27. The van der Waals surface area contributed by atoms with Gasteiger partial charge in [-0.25, -0.2) is 0 Å². The van der Waals surface area contributed by atoms with Crippen molar-refractivity contribution >= 4 is 22.5 Å². The molecule has 0 bridgehead atoms. The highest BCUT2D eigenvalue weighted by Gasteiger charge is 2.27. The van der Waals surface area contributed by atoms with Crippen molar-refractivity contribution in [3.05, 3.63) is 89.3 Å². The van der Waals surface area contributed by atoms with Crippen LogP contribution in [0, 0.1) is 0 Å². The van der Waals surface area contributed by atoms with E-state index in [1.165, 1.54) is 12.3 Å². The van der Waals surface area contributed by atoms with E-state index in [0.29, 0.717) is 34.3 Å². The molecule has 3 aromatic rings. The fourth-order valence-electron chi connectivity index (χ4n) is 2.91. The first-order valence-corrected chi connectivity index (χ1v) is 7.70. The zero-order valence-corrected chi connectivity index (χ0v) is 12.8. The van der Waals surface area contributed by atoms with E-state index >= 15 is 0 Å². The monoisotopic (exact) mass is 314 g/mol. The Morgan fingerprint density at radius 3 is 2.50 bits per heavy atom. The predicted octanol–water partition coefficient (Wildman–Crippen LogP) is 3.29. The topological polar surface area (TPSA) is 59.1 Å². The number of nitrogens with zero attached hydrogens (tertiary/aromatic N) is 1. The van der Waals surface area contributed by atoms with E-state index in [1.54, 1.807) is 0 Å². The van der Waals surface area contributed by atoms with Crippen LogP contribution in [0.25, 0.3) is 10.9 Å². The van der Waals surface area contributed by atoms with Crippen molar-refractivity contribution in [3.63, 3.8) is 0 Å². The molecule has 1 aliphatic carbocycles. The summed E-state index contributed by atoms with van der Waals surface area (Å²) in [6.45, 7) is 0.490. The summed E-state index contributed by atoms with van der Waals surface area (Å²) in [5.74, 6) is -0.363. The van der Waals surface area contributed by atoms with Crippen LogP contribution in [-0.2, 0) is 6.54 Å². The van der Waals surface area contributed by atoms with Crippen LogP contribution in [-0.4, -0.2) is 16.6 Å². The van der Waals surface area contributed by atoms with Crippen LogP contribution in [0.2, 0.25) is 0 Å². The fourth-order valence-corrected chi connectivity index (χ4v) is 2.91. The maximum absolute atomic E-state index is 12.9. The first-order valence-electron chi connectivity index (χ1n) is 7.70. The minimum Gasteiger partial charge on any atom is -0.378 e. The number of hydrogen-bond acceptors (Lipinski definition) is 4. The Hall–Kier alpha value is -3.27. The van der Waals surface area contributed by atoms with Crippen molar-refractivity contribution < 1.29 is 9.59 Å². The molecule has 0 atom stereocenters. The fraction of sp³-hybridized carbons (Fsp3) is 0.0500. The lowest BCUT2D eigenvalue weighted by Gasteiger charge is -2.18. The molecule has 0 saturated carbocycles. The van der Waals surface area contributed by atoms with Crippen LogP contribution >= 0.6 is 0 Å². The molecule has 0 aliphatic heterocycles. The standard InChI is InChI=1S/C20H14N2O2/c23-18-10-17(21-11-13-6-2-1-3-7-13)20(24)19-14-8-4-5-9-16(14)22-12-15(18)19/h1-10,12,21H,11H2. The number of ketones is 2. The SMILES string of the molecule is O=C1C=C(NCc2ccccc2)C(=O)c2c1cnc1ccccc21. The van der Waals surface area contributed by atoms with Gasteiger partial charge in [-0.15, -0.1) is 0 Å². The van der Waals surface area contributed by atoms with Crippen LogP contribution in [0.3, 0.4) is 0 Å². The average Bonchev–Trinajstić information content (AvgIpc) is 2.63. The van der Waals surface area contributed by atoms with Gasteiger partial charge < -0.3 is 5.32 Å². The molecule has 0 spiro atoms. The Balaban J connectivity index is 1.72. The Bertz CT molecular complexity index is 991. The first kappa shape index (κ1) is 14.3. The Labute approximate surface area is 138 Å². The van der Waals surface area contributed by atoms with E-state index in [2.05, 4.69) is 10.3 Å². The van der Waals surface area contributed by atoms with E-state index in [-0.39, 0.29) is 11.6 Å². The summed E-state index contributed by atoms with van der Waals surface area (Å²) in [5.41, 5.74) is 2.88. The summed E-state index contributed by atoms with van der Waals surface area (Å²) < 4.78 is 0. The molecule has 0 radical (unpaired) electrons. The van der Waals surface area contributed by atoms with Crippen LogP contribution in [0.15, 0.2) is 72.6 Å². The molecule has 0 amide bonds. The molecule has 1 N–H and O–H groups in total. The van der Waals surface area contributed by atoms with Crippen LogP contribution in [0.5, 0.6) is 0 Å². The van der Waals surface area contributed by atoms with Crippen molar-refractivity contribution in [3.8, 4) is 0 Å². The van der Waals surface area contributed by atoms with E-state index in [1.807, 2.05) is 54.6 Å². The minimum atomic E-state index is -0.196. The number of fused-ring (bicyclic) bond motifs is 3. The van der Waals surface area contributed by atoms with Crippen LogP contribution in [0.1, 0.15) is 26.3 Å². The lowest BCUT2D eigenvalue weighted by Crippen LogP contribution is -2.27. The third kappa shape index (κ3) is 2.38. The van der Waals surface area contributed by atoms with Crippen molar-refractivity contribution in [2.75, 3.05) is 0 Å². The van der Waals surface area contributed by atoms with Gasteiger partial charge in [-0.2, -0.15) is 0 Å². The molecule has 0 fully saturated rings. The van der Waals surface area contributed by atoms with Crippen molar-refractivity contribution in [1.82, 2.24) is 10.3 Å². The van der Waals surface area contributed by atoms with Gasteiger partial charge in [0.2, 0.25) is 5.78 Å². The molecule has 4 rings (SSSR count). The Morgan fingerprint density at radius 2 is 1.67 bits per heavy atom. The molecular formula is C20H14N2O2. The molecule has 1 aliphatic rings. The number of para-hydroxylation sites is 1. The van der Waals surface area contributed by atoms with Gasteiger partial charge in [0.15, 0.2) is 5.78 Å². The lowest BCUT2D eigenvalue weighted by molar-refractivity contribution is 0.0979. The van der Waals surface area contributed by atoms with Gasteiger partial charge in [-0.3, -0.25) is 14.6 Å². The summed E-state index contributed by atoms with van der Waals surface area (Å²) in [5, 5.41) is 3.80. The number of aromatic nitrogens is 1. The number of hydrogen-bond donors (Lipinski definition) is 1. The zero-order valence-electron chi connectivity index (χ0n) is 12.8. The normalized spacial score (nSPS) is 13.6. The lowest BCUT2D eigenvalue weighted by atomic mass is 9.91. The number of pyridine rings is 1. The van der Waals surface area contributed by atoms with Gasteiger partial charge in [-0.1, -0.05) is 48.5 Å². The second-order valence-corrected chi connectivity index (χ2v) is 5.65. The second-order valence-electron chi connectivity index (χ2n) is 5.65. The molecule has 0 saturated heterocycles. The molecule has 2 aromatic carbocycles. The maximum Gasteiger partial charge on any atom is 0.210 e. The molecule has 24 heavy (non-hydrogen) atoms. The van der Waals surface area contributed by atoms with Crippen LogP contribution < -0.4 is 5.32 Å². The third-order valence-corrected chi connectivity index (χ3v) is 4.11. The number of rotatable bonds is 3. The van der Waals surface area contributed by atoms with Crippen molar-refractivity contribution in [1.29, 1.82) is 0 Å². The van der Waals surface area contributed by atoms with Gasteiger partial charge in [0.25, 0.3) is 0 Å². The molecule has 0 unspecified atom stereocenters. The van der Waals surface area contributed by atoms with Crippen LogP contribution in [0.4, 0.5) is 0 Å². The predicted molar refractivity (Wildman–Crippen MR) is 91.8 cm³/mol. The molecule has 4 nitrogen and oxygen atoms in total. The number of benzene rings is 2. The molecule has 116 valence electrons. The average molecular weight is 314 g/mol. The summed E-state index contributed by atoms with van der Waals surface area (Å²) in [6.07, 6.45) is 2.85. The highest BCUT2D eigenvalue weighted by molar-refractivity contribution is 6.28. The highest BCUT2D eigenvalue weighted by atomic mass is 16.1. The smallest absolute Gasteiger partial charge is 0.210 e. The van der Waals surface area contributed by atoms with E-state index in [4.69, 9.17) is 0 Å². The number of carbonyl (C=O) groups excluding carboxylic acids is 2. The minimum absolute atomic E-state index is 0.167. The summed E-state index contributed by atoms with van der Waals surface area (Å²) in [6, 6.07) is 17.1. The summed E-state index contributed by atoms with van der Waals surface area (Å²) >= 11 is 0. The quantitative estimate of drug-likeness (QED) is 0.806. The summed E-state index contributed by atoms with van der Waals surface area (Å²) in [4.78, 5) is 29.5. The Kier molecular flexibility index (Phi) is 3.43.